The van der Waals surface area contributed by atoms with Gasteiger partial charge in [0.25, 0.3) is 5.91 Å². The summed E-state index contributed by atoms with van der Waals surface area (Å²) < 4.78 is 2.07. The van der Waals surface area contributed by atoms with Gasteiger partial charge in [0, 0.05) is 38.9 Å². The van der Waals surface area contributed by atoms with Crippen molar-refractivity contribution in [3.05, 3.63) is 36.0 Å². The third-order valence-corrected chi connectivity index (χ3v) is 4.90. The van der Waals surface area contributed by atoms with E-state index in [4.69, 9.17) is 0 Å². The van der Waals surface area contributed by atoms with Crippen molar-refractivity contribution in [1.29, 1.82) is 0 Å². The summed E-state index contributed by atoms with van der Waals surface area (Å²) >= 11 is 0. The van der Waals surface area contributed by atoms with Crippen molar-refractivity contribution in [2.45, 2.75) is 19.8 Å². The first-order valence-electron chi connectivity index (χ1n) is 8.80. The van der Waals surface area contributed by atoms with Gasteiger partial charge in [0.1, 0.15) is 5.82 Å². The van der Waals surface area contributed by atoms with Crippen LogP contribution in [0.3, 0.4) is 0 Å². The number of hydrogen-bond acceptors (Lipinski definition) is 3. The second kappa shape index (κ2) is 7.17. The van der Waals surface area contributed by atoms with E-state index in [0.717, 1.165) is 30.3 Å². The first kappa shape index (κ1) is 17.3. The first-order valence-corrected chi connectivity index (χ1v) is 8.80. The smallest absolute Gasteiger partial charge is 0.253 e. The summed E-state index contributed by atoms with van der Waals surface area (Å²) in [5.41, 5.74) is 1.62. The number of piperidine rings is 1. The lowest BCUT2D eigenvalue weighted by molar-refractivity contribution is -0.127. The number of fused-ring (bicyclic) bond motifs is 1. The highest BCUT2D eigenvalue weighted by Gasteiger charge is 2.19. The van der Waals surface area contributed by atoms with Crippen molar-refractivity contribution < 1.29 is 9.59 Å². The highest BCUT2D eigenvalue weighted by molar-refractivity contribution is 5.96. The number of anilines is 1. The molecule has 0 atom stereocenters. The fourth-order valence-corrected chi connectivity index (χ4v) is 3.13. The molecule has 0 saturated carbocycles. The topological polar surface area (TPSA) is 57.1 Å². The van der Waals surface area contributed by atoms with E-state index >= 15 is 0 Å². The normalized spacial score (nSPS) is 15.4. The van der Waals surface area contributed by atoms with E-state index in [-0.39, 0.29) is 18.4 Å². The molecular formula is C19H26N4O2. The average Bonchev–Trinajstić information content (AvgIpc) is 3.03. The van der Waals surface area contributed by atoms with Crippen LogP contribution in [-0.2, 0) is 4.79 Å². The van der Waals surface area contributed by atoms with E-state index in [1.807, 2.05) is 12.3 Å². The Morgan fingerprint density at radius 3 is 2.52 bits per heavy atom. The number of nitrogens with zero attached hydrogens (tertiary/aromatic N) is 3. The number of nitrogens with one attached hydrogen (secondary N) is 1. The number of carbonyl (C=O) groups is 2. The van der Waals surface area contributed by atoms with Gasteiger partial charge in [0.2, 0.25) is 5.91 Å². The standard InChI is InChI=1S/C19H26N4O2/c1-14-8-10-22(11-9-14)17-7-6-16-5-4-15(13-23(16)17)19(25)20-12-18(24)21(2)3/h4-7,13-14H,8-12H2,1-3H3,(H,20,25). The number of pyridine rings is 1. The van der Waals surface area contributed by atoms with Gasteiger partial charge in [-0.2, -0.15) is 0 Å². The van der Waals surface area contributed by atoms with Crippen LogP contribution in [0.4, 0.5) is 5.82 Å². The van der Waals surface area contributed by atoms with Crippen LogP contribution in [0.25, 0.3) is 5.52 Å². The van der Waals surface area contributed by atoms with Gasteiger partial charge in [-0.3, -0.25) is 9.59 Å². The van der Waals surface area contributed by atoms with Crippen LogP contribution < -0.4 is 10.2 Å². The summed E-state index contributed by atoms with van der Waals surface area (Å²) in [6, 6.07) is 7.93. The van der Waals surface area contributed by atoms with E-state index in [1.54, 1.807) is 20.2 Å². The average molecular weight is 342 g/mol. The van der Waals surface area contributed by atoms with Gasteiger partial charge in [0.05, 0.1) is 12.1 Å². The molecule has 3 rings (SSSR count). The summed E-state index contributed by atoms with van der Waals surface area (Å²) in [5.74, 6) is 1.54. The number of rotatable bonds is 4. The van der Waals surface area contributed by atoms with E-state index in [0.29, 0.717) is 5.56 Å². The Hall–Kier alpha value is -2.50. The Labute approximate surface area is 148 Å². The first-order chi connectivity index (χ1) is 12.0. The molecular weight excluding hydrogens is 316 g/mol. The fourth-order valence-electron chi connectivity index (χ4n) is 3.13. The largest absolute Gasteiger partial charge is 0.358 e. The van der Waals surface area contributed by atoms with Crippen LogP contribution in [0.1, 0.15) is 30.1 Å². The van der Waals surface area contributed by atoms with E-state index in [1.165, 1.54) is 17.7 Å². The number of hydrogen-bond donors (Lipinski definition) is 1. The van der Waals surface area contributed by atoms with Crippen molar-refractivity contribution >= 4 is 23.1 Å². The van der Waals surface area contributed by atoms with Gasteiger partial charge in [0.15, 0.2) is 0 Å². The van der Waals surface area contributed by atoms with E-state index in [9.17, 15) is 9.59 Å². The third-order valence-electron chi connectivity index (χ3n) is 4.90. The summed E-state index contributed by atoms with van der Waals surface area (Å²) in [4.78, 5) is 27.8. The highest BCUT2D eigenvalue weighted by atomic mass is 16.2. The Balaban J connectivity index is 1.78. The van der Waals surface area contributed by atoms with Crippen molar-refractivity contribution in [2.75, 3.05) is 38.6 Å². The Kier molecular flexibility index (Phi) is 4.97. The molecule has 0 unspecified atom stereocenters. The van der Waals surface area contributed by atoms with Crippen LogP contribution in [0, 0.1) is 5.92 Å². The molecule has 1 saturated heterocycles. The van der Waals surface area contributed by atoms with Crippen molar-refractivity contribution in [3.8, 4) is 0 Å². The molecule has 3 heterocycles. The third kappa shape index (κ3) is 3.78. The monoisotopic (exact) mass is 342 g/mol. The van der Waals surface area contributed by atoms with Crippen molar-refractivity contribution in [1.82, 2.24) is 14.6 Å². The zero-order valence-electron chi connectivity index (χ0n) is 15.2. The SMILES string of the molecule is CC1CCN(c2ccc3ccc(C(=O)NCC(=O)N(C)C)cn23)CC1. The molecule has 0 aromatic carbocycles. The predicted octanol–water partition coefficient (Wildman–Crippen LogP) is 1.99. The maximum Gasteiger partial charge on any atom is 0.253 e. The maximum absolute atomic E-state index is 12.4. The molecule has 6 nitrogen and oxygen atoms in total. The minimum absolute atomic E-state index is 0.00637. The quantitative estimate of drug-likeness (QED) is 0.924. The van der Waals surface area contributed by atoms with Crippen LogP contribution in [0.5, 0.6) is 0 Å². The molecule has 2 aromatic rings. The number of likely N-dealkylation sites (N-methyl/N-ethyl adjacent to an activating group) is 1. The van der Waals surface area contributed by atoms with Crippen LogP contribution in [0.2, 0.25) is 0 Å². The van der Waals surface area contributed by atoms with E-state index < -0.39 is 0 Å². The molecule has 0 bridgehead atoms. The zero-order chi connectivity index (χ0) is 18.0. The van der Waals surface area contributed by atoms with Crippen molar-refractivity contribution in [3.63, 3.8) is 0 Å². The van der Waals surface area contributed by atoms with Gasteiger partial charge in [-0.05, 0) is 43.0 Å². The molecule has 2 aromatic heterocycles. The van der Waals surface area contributed by atoms with Gasteiger partial charge in [-0.1, -0.05) is 6.92 Å². The molecule has 1 N–H and O–H groups in total. The molecule has 1 aliphatic rings. The molecule has 1 aliphatic heterocycles. The summed E-state index contributed by atoms with van der Waals surface area (Å²) in [6.07, 6.45) is 4.25. The van der Waals surface area contributed by atoms with Gasteiger partial charge in [-0.15, -0.1) is 0 Å². The van der Waals surface area contributed by atoms with Crippen LogP contribution >= 0.6 is 0 Å². The lowest BCUT2D eigenvalue weighted by Gasteiger charge is -2.31. The molecule has 0 radical (unpaired) electrons. The maximum atomic E-state index is 12.4. The molecule has 1 fully saturated rings. The molecule has 134 valence electrons. The highest BCUT2D eigenvalue weighted by Crippen LogP contribution is 2.25. The van der Waals surface area contributed by atoms with Gasteiger partial charge in [-0.25, -0.2) is 0 Å². The lowest BCUT2D eigenvalue weighted by atomic mass is 9.99. The van der Waals surface area contributed by atoms with E-state index in [2.05, 4.69) is 33.7 Å². The zero-order valence-corrected chi connectivity index (χ0v) is 15.2. The summed E-state index contributed by atoms with van der Waals surface area (Å²) in [5, 5.41) is 2.68. The minimum atomic E-state index is -0.232. The summed E-state index contributed by atoms with van der Waals surface area (Å²) in [6.45, 7) is 4.39. The van der Waals surface area contributed by atoms with Gasteiger partial charge >= 0.3 is 0 Å². The molecule has 25 heavy (non-hydrogen) atoms. The minimum Gasteiger partial charge on any atom is -0.358 e. The fraction of sp³-hybridized carbons (Fsp3) is 0.474. The number of aromatic nitrogens is 1. The van der Waals surface area contributed by atoms with Crippen LogP contribution in [-0.4, -0.2) is 54.8 Å². The van der Waals surface area contributed by atoms with Crippen LogP contribution in [0.15, 0.2) is 30.5 Å². The number of amides is 2. The summed E-state index contributed by atoms with van der Waals surface area (Å²) in [7, 11) is 3.35. The Bertz CT molecular complexity index is 773. The second-order valence-corrected chi connectivity index (χ2v) is 7.04. The lowest BCUT2D eigenvalue weighted by Crippen LogP contribution is -2.36. The molecule has 2 amide bonds. The Morgan fingerprint density at radius 2 is 1.84 bits per heavy atom. The molecule has 6 heteroatoms. The van der Waals surface area contributed by atoms with Gasteiger partial charge < -0.3 is 19.5 Å². The Morgan fingerprint density at radius 1 is 1.16 bits per heavy atom. The molecule has 0 spiro atoms. The predicted molar refractivity (Wildman–Crippen MR) is 99.0 cm³/mol. The molecule has 0 aliphatic carbocycles. The van der Waals surface area contributed by atoms with Crippen molar-refractivity contribution in [2.24, 2.45) is 5.92 Å². The second-order valence-electron chi connectivity index (χ2n) is 7.04. The number of carbonyl (C=O) groups excluding carboxylic acids is 2.